The van der Waals surface area contributed by atoms with Crippen molar-refractivity contribution < 1.29 is 13.9 Å². The minimum absolute atomic E-state index is 0.174. The van der Waals surface area contributed by atoms with E-state index in [9.17, 15) is 0 Å². The number of anilines is 2. The molecule has 190 valence electrons. The van der Waals surface area contributed by atoms with Crippen LogP contribution in [0, 0.1) is 5.82 Å². The van der Waals surface area contributed by atoms with Crippen LogP contribution in [0.15, 0.2) is 49.2 Å². The molecule has 2 aromatic carbocycles. The van der Waals surface area contributed by atoms with Crippen LogP contribution in [0.5, 0.6) is 5.75 Å². The lowest BCUT2D eigenvalue weighted by atomic mass is 10.0. The maximum atomic E-state index is 15.4. The summed E-state index contributed by atoms with van der Waals surface area (Å²) < 4.78 is 27.0. The maximum Gasteiger partial charge on any atom is 0.148 e. The number of fused-ring (bicyclic) bond motifs is 1. The van der Waals surface area contributed by atoms with Crippen molar-refractivity contribution in [1.29, 1.82) is 0 Å². The average Bonchev–Trinajstić information content (AvgIpc) is 3.65. The topological polar surface area (TPSA) is 28.2 Å². The molecular formula is C30H36FN3O2. The zero-order valence-electron chi connectivity index (χ0n) is 21.2. The molecule has 3 fully saturated rings. The number of benzene rings is 2. The number of rotatable bonds is 6. The Morgan fingerprint density at radius 3 is 2.78 bits per heavy atom. The SMILES string of the molecule is C=C1c2ccc(OC[C@H]3CCCO3)cc2C=CN1c1ccc(N2CCC(N3CCC[C@@H]3C)C2)c(F)c1. The minimum Gasteiger partial charge on any atom is -0.491 e. The van der Waals surface area contributed by atoms with Crippen LogP contribution < -0.4 is 14.5 Å². The highest BCUT2D eigenvalue weighted by atomic mass is 19.1. The number of ether oxygens (including phenoxy) is 2. The first kappa shape index (κ1) is 23.6. The van der Waals surface area contributed by atoms with Gasteiger partial charge in [-0.25, -0.2) is 4.39 Å². The first-order chi connectivity index (χ1) is 17.6. The van der Waals surface area contributed by atoms with Crippen molar-refractivity contribution in [3.05, 3.63) is 66.1 Å². The quantitative estimate of drug-likeness (QED) is 0.503. The molecular weight excluding hydrogens is 453 g/mol. The van der Waals surface area contributed by atoms with Crippen molar-refractivity contribution in [1.82, 2.24) is 4.90 Å². The zero-order chi connectivity index (χ0) is 24.6. The van der Waals surface area contributed by atoms with Crippen molar-refractivity contribution in [3.63, 3.8) is 0 Å². The Bertz CT molecular complexity index is 1160. The second-order valence-electron chi connectivity index (χ2n) is 10.6. The highest BCUT2D eigenvalue weighted by molar-refractivity contribution is 5.89. The third kappa shape index (κ3) is 4.53. The van der Waals surface area contributed by atoms with Gasteiger partial charge in [-0.3, -0.25) is 4.90 Å². The fraction of sp³-hybridized carbons (Fsp3) is 0.467. The first-order valence-corrected chi connectivity index (χ1v) is 13.4. The molecule has 2 aromatic rings. The van der Waals surface area contributed by atoms with Crippen molar-refractivity contribution in [3.8, 4) is 5.75 Å². The van der Waals surface area contributed by atoms with E-state index in [4.69, 9.17) is 9.47 Å². The lowest BCUT2D eigenvalue weighted by Gasteiger charge is -2.30. The average molecular weight is 490 g/mol. The molecule has 4 aliphatic rings. The molecule has 0 radical (unpaired) electrons. The Labute approximate surface area is 213 Å². The zero-order valence-corrected chi connectivity index (χ0v) is 21.2. The van der Waals surface area contributed by atoms with E-state index in [1.54, 1.807) is 6.07 Å². The largest absolute Gasteiger partial charge is 0.491 e. The Morgan fingerprint density at radius 1 is 1.08 bits per heavy atom. The van der Waals surface area contributed by atoms with Crippen molar-refractivity contribution in [2.24, 2.45) is 0 Å². The summed E-state index contributed by atoms with van der Waals surface area (Å²) in [6.45, 7) is 11.0. The normalized spacial score (nSPS) is 26.2. The van der Waals surface area contributed by atoms with E-state index in [0.29, 0.717) is 24.4 Å². The molecule has 6 heteroatoms. The molecule has 0 bridgehead atoms. The number of hydrogen-bond acceptors (Lipinski definition) is 5. The fourth-order valence-corrected chi connectivity index (χ4v) is 6.24. The summed E-state index contributed by atoms with van der Waals surface area (Å²) in [4.78, 5) is 6.79. The Kier molecular flexibility index (Phi) is 6.48. The molecule has 3 saturated heterocycles. The lowest BCUT2D eigenvalue weighted by molar-refractivity contribution is 0.0679. The maximum absolute atomic E-state index is 15.4. The number of likely N-dealkylation sites (tertiary alicyclic amines) is 1. The predicted molar refractivity (Wildman–Crippen MR) is 144 cm³/mol. The van der Waals surface area contributed by atoms with Gasteiger partial charge in [0.15, 0.2) is 0 Å². The van der Waals surface area contributed by atoms with Crippen LogP contribution >= 0.6 is 0 Å². The van der Waals surface area contributed by atoms with Gasteiger partial charge < -0.3 is 19.3 Å². The van der Waals surface area contributed by atoms with Gasteiger partial charge in [-0.05, 0) is 87.5 Å². The molecule has 6 rings (SSSR count). The van der Waals surface area contributed by atoms with Crippen LogP contribution in [-0.2, 0) is 4.74 Å². The molecule has 0 saturated carbocycles. The molecule has 3 atom stereocenters. The van der Waals surface area contributed by atoms with Gasteiger partial charge in [-0.15, -0.1) is 0 Å². The highest BCUT2D eigenvalue weighted by Gasteiger charge is 2.33. The number of halogens is 1. The first-order valence-electron chi connectivity index (χ1n) is 13.4. The van der Waals surface area contributed by atoms with E-state index in [-0.39, 0.29) is 11.9 Å². The summed E-state index contributed by atoms with van der Waals surface area (Å²) in [5.41, 5.74) is 4.39. The molecule has 1 unspecified atom stereocenters. The van der Waals surface area contributed by atoms with E-state index in [2.05, 4.69) is 23.3 Å². The molecule has 0 aliphatic carbocycles. The summed E-state index contributed by atoms with van der Waals surface area (Å²) >= 11 is 0. The van der Waals surface area contributed by atoms with Gasteiger partial charge in [-0.1, -0.05) is 6.58 Å². The van der Waals surface area contributed by atoms with Crippen LogP contribution in [-0.4, -0.2) is 55.9 Å². The lowest BCUT2D eigenvalue weighted by Crippen LogP contribution is -2.39. The standard InChI is InChI=1S/C30H36FN3O2/c1-21-5-3-13-33(21)25-12-14-32(19-25)30-10-7-24(18-29(30)31)34-15-11-23-17-26(8-9-28(23)22(34)2)36-20-27-6-4-16-35-27/h7-11,15,17-18,21,25,27H,2-6,12-14,16,19-20H2,1H3/t21-,25?,27+/m0/s1. The number of nitrogens with zero attached hydrogens (tertiary/aromatic N) is 3. The van der Waals surface area contributed by atoms with Gasteiger partial charge in [-0.2, -0.15) is 0 Å². The van der Waals surface area contributed by atoms with Gasteiger partial charge in [0.25, 0.3) is 0 Å². The van der Waals surface area contributed by atoms with Crippen molar-refractivity contribution in [2.75, 3.05) is 42.6 Å². The van der Waals surface area contributed by atoms with Crippen LogP contribution in [0.4, 0.5) is 15.8 Å². The molecule has 5 nitrogen and oxygen atoms in total. The van der Waals surface area contributed by atoms with Gasteiger partial charge in [0, 0.05) is 61.0 Å². The Balaban J connectivity index is 1.13. The Morgan fingerprint density at radius 2 is 2.00 bits per heavy atom. The molecule has 0 aromatic heterocycles. The minimum atomic E-state index is -0.174. The Hall–Kier alpha value is -2.83. The second kappa shape index (κ2) is 9.91. The van der Waals surface area contributed by atoms with Gasteiger partial charge in [0.2, 0.25) is 0 Å². The van der Waals surface area contributed by atoms with Crippen LogP contribution in [0.2, 0.25) is 0 Å². The van der Waals surface area contributed by atoms with E-state index in [1.165, 1.54) is 19.4 Å². The van der Waals surface area contributed by atoms with Crippen molar-refractivity contribution in [2.45, 2.75) is 57.2 Å². The van der Waals surface area contributed by atoms with Crippen LogP contribution in [0.1, 0.15) is 50.2 Å². The fourth-order valence-electron chi connectivity index (χ4n) is 6.24. The van der Waals surface area contributed by atoms with Gasteiger partial charge in [0.1, 0.15) is 18.2 Å². The predicted octanol–water partition coefficient (Wildman–Crippen LogP) is 5.91. The summed E-state index contributed by atoms with van der Waals surface area (Å²) in [5, 5.41) is 0. The summed E-state index contributed by atoms with van der Waals surface area (Å²) in [6, 6.07) is 12.8. The van der Waals surface area contributed by atoms with Crippen LogP contribution in [0.25, 0.3) is 11.8 Å². The summed E-state index contributed by atoms with van der Waals surface area (Å²) in [5.74, 6) is 0.658. The smallest absolute Gasteiger partial charge is 0.148 e. The van der Waals surface area contributed by atoms with E-state index in [0.717, 1.165) is 67.2 Å². The van der Waals surface area contributed by atoms with Crippen molar-refractivity contribution >= 4 is 23.1 Å². The second-order valence-corrected chi connectivity index (χ2v) is 10.6. The molecule has 36 heavy (non-hydrogen) atoms. The molecule has 4 aliphatic heterocycles. The summed E-state index contributed by atoms with van der Waals surface area (Å²) in [7, 11) is 0. The van der Waals surface area contributed by atoms with E-state index < -0.39 is 0 Å². The van der Waals surface area contributed by atoms with E-state index in [1.807, 2.05) is 47.5 Å². The van der Waals surface area contributed by atoms with Gasteiger partial charge >= 0.3 is 0 Å². The molecule has 0 N–H and O–H groups in total. The molecule has 4 heterocycles. The summed E-state index contributed by atoms with van der Waals surface area (Å²) in [6.07, 6.45) is 10.0. The molecule has 0 spiro atoms. The van der Waals surface area contributed by atoms with E-state index >= 15 is 4.39 Å². The monoisotopic (exact) mass is 489 g/mol. The molecule has 0 amide bonds. The van der Waals surface area contributed by atoms with Crippen LogP contribution in [0.3, 0.4) is 0 Å². The third-order valence-corrected chi connectivity index (χ3v) is 8.27. The van der Waals surface area contributed by atoms with Gasteiger partial charge in [0.05, 0.1) is 11.8 Å². The number of hydrogen-bond donors (Lipinski definition) is 0. The third-order valence-electron chi connectivity index (χ3n) is 8.27. The highest BCUT2D eigenvalue weighted by Crippen LogP contribution is 2.37.